The fourth-order valence-electron chi connectivity index (χ4n) is 6.73. The molecule has 6 N–H and O–H groups in total. The van der Waals surface area contributed by atoms with Gasteiger partial charge in [-0.1, -0.05) is 168 Å². The Morgan fingerprint density at radius 1 is 0.532 bits per heavy atom. The zero-order chi connectivity index (χ0) is 46.3. The van der Waals surface area contributed by atoms with E-state index in [-0.39, 0.29) is 12.8 Å². The first-order chi connectivity index (χ1) is 29.5. The van der Waals surface area contributed by atoms with Crippen LogP contribution in [0.1, 0.15) is 207 Å². The van der Waals surface area contributed by atoms with E-state index in [9.17, 15) is 38.9 Å². The van der Waals surface area contributed by atoms with Gasteiger partial charge in [0.1, 0.15) is 12.7 Å². The number of rotatable bonds is 45. The van der Waals surface area contributed by atoms with E-state index in [0.29, 0.717) is 32.1 Å². The van der Waals surface area contributed by atoms with E-state index in [0.717, 1.165) is 63.7 Å². The van der Waals surface area contributed by atoms with E-state index in [1.807, 2.05) is 12.2 Å². The third-order valence-corrected chi connectivity index (χ3v) is 12.0. The highest BCUT2D eigenvalue weighted by atomic mass is 31.2. The zero-order valence-corrected chi connectivity index (χ0v) is 40.4. The summed E-state index contributed by atoms with van der Waals surface area (Å²) in [5.74, 6) is -0.321. The van der Waals surface area contributed by atoms with Crippen LogP contribution in [0, 0.1) is 5.92 Å². The monoisotopic (exact) mass is 931 g/mol. The molecule has 0 radical (unpaired) electrons. The van der Waals surface area contributed by atoms with Crippen molar-refractivity contribution in [1.82, 2.24) is 0 Å². The number of phosphoric ester groups is 2. The van der Waals surface area contributed by atoms with Crippen molar-refractivity contribution < 1.29 is 71.8 Å². The number of ether oxygens (including phenoxy) is 2. The Kier molecular flexibility index (Phi) is 39.3. The first-order valence-corrected chi connectivity index (χ1v) is 26.9. The van der Waals surface area contributed by atoms with Crippen molar-refractivity contribution in [3.05, 3.63) is 12.2 Å². The van der Waals surface area contributed by atoms with Crippen LogP contribution in [0.3, 0.4) is 0 Å². The van der Waals surface area contributed by atoms with Crippen molar-refractivity contribution in [3.63, 3.8) is 0 Å². The quantitative estimate of drug-likeness (QED) is 0.0144. The SMILES string of the molecule is CCCCC/C=C\C[C@H](O)[C@@H](O)CCCCCCCC(=O)O[C@H](COC(=O)CCCCCCCCCCCCCCCCCC(C)C)COP(=O)(O)OC[C@@H](O)COP(=O)(O)O. The molecule has 0 bridgehead atoms. The largest absolute Gasteiger partial charge is 0.472 e. The normalized spacial score (nSPS) is 15.1. The number of allylic oxidation sites excluding steroid dienone is 1. The van der Waals surface area contributed by atoms with E-state index in [4.69, 9.17) is 23.8 Å². The zero-order valence-electron chi connectivity index (χ0n) is 38.6. The van der Waals surface area contributed by atoms with Gasteiger partial charge in [0.25, 0.3) is 0 Å². The summed E-state index contributed by atoms with van der Waals surface area (Å²) in [4.78, 5) is 52.8. The summed E-state index contributed by atoms with van der Waals surface area (Å²) in [5.41, 5.74) is 0. The molecule has 368 valence electrons. The van der Waals surface area contributed by atoms with Crippen molar-refractivity contribution in [3.8, 4) is 0 Å². The van der Waals surface area contributed by atoms with Gasteiger partial charge in [-0.05, 0) is 44.4 Å². The second-order valence-electron chi connectivity index (χ2n) is 17.2. The molecule has 0 spiro atoms. The Hall–Kier alpha value is -1.22. The molecule has 0 fully saturated rings. The van der Waals surface area contributed by atoms with Gasteiger partial charge in [-0.2, -0.15) is 0 Å². The maximum atomic E-state index is 12.7. The molecule has 0 rings (SSSR count). The third kappa shape index (κ3) is 42.7. The maximum Gasteiger partial charge on any atom is 0.472 e. The van der Waals surface area contributed by atoms with Crippen molar-refractivity contribution in [1.29, 1.82) is 0 Å². The van der Waals surface area contributed by atoms with Gasteiger partial charge in [0.2, 0.25) is 0 Å². The van der Waals surface area contributed by atoms with Crippen LogP contribution in [0.2, 0.25) is 0 Å². The Morgan fingerprint density at radius 3 is 1.52 bits per heavy atom. The smallest absolute Gasteiger partial charge is 0.462 e. The van der Waals surface area contributed by atoms with Crippen molar-refractivity contribution in [2.75, 3.05) is 26.4 Å². The average molecular weight is 931 g/mol. The van der Waals surface area contributed by atoms with Crippen molar-refractivity contribution in [2.24, 2.45) is 5.92 Å². The van der Waals surface area contributed by atoms with Crippen LogP contribution in [0.25, 0.3) is 0 Å². The lowest BCUT2D eigenvalue weighted by Crippen LogP contribution is -2.30. The van der Waals surface area contributed by atoms with E-state index in [2.05, 4.69) is 29.8 Å². The number of aliphatic hydroxyl groups is 3. The first kappa shape index (κ1) is 60.8. The predicted molar refractivity (Wildman–Crippen MR) is 242 cm³/mol. The molecule has 17 heteroatoms. The molecule has 0 aliphatic carbocycles. The standard InChI is InChI=1S/C45H88O15P2/c1-4-5-6-7-21-26-31-42(47)43(48)32-27-22-19-24-29-34-45(50)60-41(38-59-62(54,55)58-36-40(46)35-57-61(51,52)53)37-56-44(49)33-28-23-18-16-14-12-10-8-9-11-13-15-17-20-25-30-39(2)3/h21,26,39-43,46-48H,4-20,22-25,27-38H2,1-3H3,(H,54,55)(H2,51,52,53)/b26-21-/t40-,41+,42-,43-/m0/s1. The second-order valence-corrected chi connectivity index (χ2v) is 19.9. The number of aliphatic hydroxyl groups excluding tert-OH is 3. The van der Waals surface area contributed by atoms with Gasteiger partial charge in [-0.25, -0.2) is 9.13 Å². The van der Waals surface area contributed by atoms with Gasteiger partial charge in [-0.3, -0.25) is 23.2 Å². The molecular weight excluding hydrogens is 842 g/mol. The number of carbonyl (C=O) groups is 2. The number of hydrogen-bond donors (Lipinski definition) is 6. The third-order valence-electron chi connectivity index (χ3n) is 10.5. The minimum Gasteiger partial charge on any atom is -0.462 e. The molecule has 62 heavy (non-hydrogen) atoms. The maximum absolute atomic E-state index is 12.7. The summed E-state index contributed by atoms with van der Waals surface area (Å²) in [5, 5.41) is 30.2. The van der Waals surface area contributed by atoms with Gasteiger partial charge < -0.3 is 39.5 Å². The summed E-state index contributed by atoms with van der Waals surface area (Å²) in [7, 11) is -9.73. The molecule has 15 nitrogen and oxygen atoms in total. The number of phosphoric acid groups is 2. The lowest BCUT2D eigenvalue weighted by Gasteiger charge is -2.20. The topological polar surface area (TPSA) is 236 Å². The Balaban J connectivity index is 4.53. The molecule has 0 saturated carbocycles. The van der Waals surface area contributed by atoms with Crippen LogP contribution in [0.4, 0.5) is 0 Å². The van der Waals surface area contributed by atoms with Crippen LogP contribution < -0.4 is 0 Å². The fourth-order valence-corrected chi connectivity index (χ4v) is 7.89. The molecule has 1 unspecified atom stereocenters. The van der Waals surface area contributed by atoms with E-state index in [1.165, 1.54) is 83.5 Å². The Bertz CT molecular complexity index is 1200. The molecule has 0 saturated heterocycles. The summed E-state index contributed by atoms with van der Waals surface area (Å²) in [6.45, 7) is 3.89. The van der Waals surface area contributed by atoms with E-state index >= 15 is 0 Å². The number of esters is 2. The van der Waals surface area contributed by atoms with E-state index < -0.39 is 78.4 Å². The highest BCUT2D eigenvalue weighted by Gasteiger charge is 2.28. The molecule has 0 aliphatic heterocycles. The minimum absolute atomic E-state index is 0.0359. The summed E-state index contributed by atoms with van der Waals surface area (Å²) in [6.07, 6.45) is 27.9. The van der Waals surface area contributed by atoms with Gasteiger partial charge in [0.15, 0.2) is 6.10 Å². The molecular formula is C45H88O15P2. The minimum atomic E-state index is -4.88. The van der Waals surface area contributed by atoms with Crippen LogP contribution >= 0.6 is 15.6 Å². The number of hydrogen-bond acceptors (Lipinski definition) is 12. The number of carbonyl (C=O) groups excluding carboxylic acids is 2. The molecule has 5 atom stereocenters. The van der Waals surface area contributed by atoms with Gasteiger partial charge in [0.05, 0.1) is 32.0 Å². The Labute approximate surface area is 374 Å². The lowest BCUT2D eigenvalue weighted by atomic mass is 10.0. The van der Waals surface area contributed by atoms with Crippen LogP contribution in [0.15, 0.2) is 12.2 Å². The van der Waals surface area contributed by atoms with Crippen molar-refractivity contribution in [2.45, 2.75) is 231 Å². The van der Waals surface area contributed by atoms with Gasteiger partial charge >= 0.3 is 27.6 Å². The van der Waals surface area contributed by atoms with Crippen LogP contribution in [-0.4, -0.2) is 92.8 Å². The van der Waals surface area contributed by atoms with Crippen LogP contribution in [-0.2, 0) is 41.8 Å². The molecule has 0 heterocycles. The molecule has 0 aromatic heterocycles. The van der Waals surface area contributed by atoms with E-state index in [1.54, 1.807) is 0 Å². The summed E-state index contributed by atoms with van der Waals surface area (Å²) < 4.78 is 47.8. The molecule has 0 amide bonds. The molecule has 0 aromatic carbocycles. The summed E-state index contributed by atoms with van der Waals surface area (Å²) in [6, 6.07) is 0. The van der Waals surface area contributed by atoms with Crippen LogP contribution in [0.5, 0.6) is 0 Å². The number of unbranched alkanes of at least 4 members (excludes halogenated alkanes) is 21. The summed E-state index contributed by atoms with van der Waals surface area (Å²) >= 11 is 0. The Morgan fingerprint density at radius 2 is 1.00 bits per heavy atom. The van der Waals surface area contributed by atoms with Crippen molar-refractivity contribution >= 4 is 27.6 Å². The lowest BCUT2D eigenvalue weighted by molar-refractivity contribution is -0.161. The molecule has 0 aromatic rings. The van der Waals surface area contributed by atoms with Gasteiger partial charge in [0, 0.05) is 12.8 Å². The predicted octanol–water partition coefficient (Wildman–Crippen LogP) is 10.3. The average Bonchev–Trinajstić information content (AvgIpc) is 3.21. The second kappa shape index (κ2) is 40.1. The van der Waals surface area contributed by atoms with Gasteiger partial charge in [-0.15, -0.1) is 0 Å². The highest BCUT2D eigenvalue weighted by Crippen LogP contribution is 2.44. The highest BCUT2D eigenvalue weighted by molar-refractivity contribution is 7.47. The molecule has 0 aliphatic rings. The fraction of sp³-hybridized carbons (Fsp3) is 0.911. The first-order valence-electron chi connectivity index (χ1n) is 23.9.